The summed E-state index contributed by atoms with van der Waals surface area (Å²) in [5.74, 6) is 0.840. The van der Waals surface area contributed by atoms with Crippen molar-refractivity contribution in [3.63, 3.8) is 0 Å². The maximum Gasteiger partial charge on any atom is 0.129 e. The van der Waals surface area contributed by atoms with Gasteiger partial charge in [-0.25, -0.2) is 9.97 Å². The first kappa shape index (κ1) is 11.5. The molecule has 0 aliphatic heterocycles. The number of hydrogen-bond donors (Lipinski definition) is 2. The van der Waals surface area contributed by atoms with Gasteiger partial charge < -0.3 is 11.1 Å². The van der Waals surface area contributed by atoms with E-state index in [1.165, 1.54) is 0 Å². The summed E-state index contributed by atoms with van der Waals surface area (Å²) in [4.78, 5) is 8.44. The van der Waals surface area contributed by atoms with Crippen LogP contribution in [0.3, 0.4) is 0 Å². The zero-order chi connectivity index (χ0) is 11.9. The number of nitrogens with two attached hydrogens (primary N) is 1. The Kier molecular flexibility index (Phi) is 4.05. The predicted octanol–water partition coefficient (Wildman–Crippen LogP) is 1.90. The van der Waals surface area contributed by atoms with Crippen LogP contribution in [0.5, 0.6) is 0 Å². The molecule has 0 aliphatic carbocycles. The van der Waals surface area contributed by atoms with E-state index in [2.05, 4.69) is 15.3 Å². The van der Waals surface area contributed by atoms with Crippen LogP contribution in [0, 0.1) is 0 Å². The van der Waals surface area contributed by atoms with Gasteiger partial charge in [0.1, 0.15) is 12.1 Å². The first-order valence-electron chi connectivity index (χ1n) is 5.71. The summed E-state index contributed by atoms with van der Waals surface area (Å²) < 4.78 is 0. The lowest BCUT2D eigenvalue weighted by atomic mass is 10.1. The first-order chi connectivity index (χ1) is 8.40. The van der Waals surface area contributed by atoms with Gasteiger partial charge in [-0.2, -0.15) is 0 Å². The summed E-state index contributed by atoms with van der Waals surface area (Å²) in [6, 6.07) is 12.0. The molecule has 0 atom stereocenters. The van der Waals surface area contributed by atoms with Gasteiger partial charge in [0, 0.05) is 18.2 Å². The number of rotatable bonds is 5. The molecule has 2 aromatic rings. The molecular formula is C13H16N4. The molecule has 0 fully saturated rings. The molecule has 0 spiro atoms. The highest BCUT2D eigenvalue weighted by molar-refractivity contribution is 5.61. The molecule has 0 saturated heterocycles. The normalized spacial score (nSPS) is 10.2. The molecule has 1 aromatic heterocycles. The standard InChI is InChI=1S/C13H16N4/c14-7-4-8-15-13-9-12(16-10-17-13)11-5-2-1-3-6-11/h1-3,5-6,9-10H,4,7-8,14H2,(H,15,16,17). The van der Waals surface area contributed by atoms with Crippen molar-refractivity contribution in [3.8, 4) is 11.3 Å². The van der Waals surface area contributed by atoms with Crippen LogP contribution in [0.15, 0.2) is 42.7 Å². The smallest absolute Gasteiger partial charge is 0.129 e. The number of nitrogens with one attached hydrogen (secondary N) is 1. The largest absolute Gasteiger partial charge is 0.370 e. The van der Waals surface area contributed by atoms with Crippen LogP contribution in [0.25, 0.3) is 11.3 Å². The Morgan fingerprint density at radius 1 is 1.12 bits per heavy atom. The Hall–Kier alpha value is -1.94. The average Bonchev–Trinajstić information content (AvgIpc) is 2.41. The fourth-order valence-corrected chi connectivity index (χ4v) is 1.54. The van der Waals surface area contributed by atoms with E-state index in [-0.39, 0.29) is 0 Å². The maximum absolute atomic E-state index is 5.44. The van der Waals surface area contributed by atoms with Crippen molar-refractivity contribution in [1.82, 2.24) is 9.97 Å². The quantitative estimate of drug-likeness (QED) is 0.767. The number of anilines is 1. The highest BCUT2D eigenvalue weighted by Gasteiger charge is 2.00. The molecule has 0 bridgehead atoms. The van der Waals surface area contributed by atoms with E-state index in [4.69, 9.17) is 5.73 Å². The first-order valence-corrected chi connectivity index (χ1v) is 5.71. The minimum Gasteiger partial charge on any atom is -0.370 e. The number of benzene rings is 1. The molecular weight excluding hydrogens is 212 g/mol. The van der Waals surface area contributed by atoms with Gasteiger partial charge in [-0.1, -0.05) is 30.3 Å². The van der Waals surface area contributed by atoms with Gasteiger partial charge in [0.05, 0.1) is 5.69 Å². The Bertz CT molecular complexity index is 456. The summed E-state index contributed by atoms with van der Waals surface area (Å²) in [6.45, 7) is 1.52. The second kappa shape index (κ2) is 5.96. The monoisotopic (exact) mass is 228 g/mol. The molecule has 1 heterocycles. The topological polar surface area (TPSA) is 63.8 Å². The SMILES string of the molecule is NCCCNc1cc(-c2ccccc2)ncn1. The van der Waals surface area contributed by atoms with E-state index < -0.39 is 0 Å². The second-order valence-electron chi connectivity index (χ2n) is 3.72. The van der Waals surface area contributed by atoms with Crippen LogP contribution in [-0.2, 0) is 0 Å². The van der Waals surface area contributed by atoms with Gasteiger partial charge in [-0.05, 0) is 13.0 Å². The van der Waals surface area contributed by atoms with E-state index in [1.54, 1.807) is 6.33 Å². The molecule has 3 N–H and O–H groups in total. The lowest BCUT2D eigenvalue weighted by Crippen LogP contribution is -2.09. The second-order valence-corrected chi connectivity index (χ2v) is 3.72. The summed E-state index contributed by atoms with van der Waals surface area (Å²) >= 11 is 0. The van der Waals surface area contributed by atoms with Crippen molar-refractivity contribution >= 4 is 5.82 Å². The fraction of sp³-hybridized carbons (Fsp3) is 0.231. The highest BCUT2D eigenvalue weighted by Crippen LogP contribution is 2.17. The van der Waals surface area contributed by atoms with E-state index in [0.717, 1.165) is 30.0 Å². The Morgan fingerprint density at radius 2 is 1.94 bits per heavy atom. The molecule has 0 saturated carbocycles. The Morgan fingerprint density at radius 3 is 2.71 bits per heavy atom. The third-order valence-corrected chi connectivity index (χ3v) is 2.42. The number of nitrogens with zero attached hydrogens (tertiary/aromatic N) is 2. The minimum atomic E-state index is 0.684. The van der Waals surface area contributed by atoms with Crippen molar-refractivity contribution in [1.29, 1.82) is 0 Å². The summed E-state index contributed by atoms with van der Waals surface area (Å²) in [6.07, 6.45) is 2.51. The van der Waals surface area contributed by atoms with Crippen molar-refractivity contribution in [2.45, 2.75) is 6.42 Å². The van der Waals surface area contributed by atoms with Crippen LogP contribution in [0.1, 0.15) is 6.42 Å². The van der Waals surface area contributed by atoms with Gasteiger partial charge in [-0.15, -0.1) is 0 Å². The van der Waals surface area contributed by atoms with Crippen LogP contribution < -0.4 is 11.1 Å². The average molecular weight is 228 g/mol. The van der Waals surface area contributed by atoms with Crippen molar-refractivity contribution in [3.05, 3.63) is 42.7 Å². The molecule has 2 rings (SSSR count). The summed E-state index contributed by atoms with van der Waals surface area (Å²) in [5.41, 5.74) is 7.46. The molecule has 0 unspecified atom stereocenters. The molecule has 4 heteroatoms. The lowest BCUT2D eigenvalue weighted by Gasteiger charge is -2.06. The molecule has 0 radical (unpaired) electrons. The van der Waals surface area contributed by atoms with Crippen LogP contribution in [0.2, 0.25) is 0 Å². The highest BCUT2D eigenvalue weighted by atomic mass is 15.0. The van der Waals surface area contributed by atoms with E-state index in [1.807, 2.05) is 36.4 Å². The van der Waals surface area contributed by atoms with Crippen LogP contribution >= 0.6 is 0 Å². The predicted molar refractivity (Wildman–Crippen MR) is 69.6 cm³/mol. The zero-order valence-corrected chi connectivity index (χ0v) is 9.63. The van der Waals surface area contributed by atoms with Gasteiger partial charge in [-0.3, -0.25) is 0 Å². The Labute approximate surface area is 101 Å². The van der Waals surface area contributed by atoms with Crippen molar-refractivity contribution < 1.29 is 0 Å². The molecule has 88 valence electrons. The fourth-order valence-electron chi connectivity index (χ4n) is 1.54. The van der Waals surface area contributed by atoms with Gasteiger partial charge >= 0.3 is 0 Å². The van der Waals surface area contributed by atoms with Crippen LogP contribution in [-0.4, -0.2) is 23.1 Å². The molecule has 0 aliphatic rings. The van der Waals surface area contributed by atoms with Crippen molar-refractivity contribution in [2.75, 3.05) is 18.4 Å². The van der Waals surface area contributed by atoms with Gasteiger partial charge in [0.2, 0.25) is 0 Å². The lowest BCUT2D eigenvalue weighted by molar-refractivity contribution is 0.869. The molecule has 4 nitrogen and oxygen atoms in total. The van der Waals surface area contributed by atoms with Gasteiger partial charge in [0.15, 0.2) is 0 Å². The third kappa shape index (κ3) is 3.26. The zero-order valence-electron chi connectivity index (χ0n) is 9.63. The number of hydrogen-bond acceptors (Lipinski definition) is 4. The molecule has 1 aromatic carbocycles. The van der Waals surface area contributed by atoms with E-state index in [0.29, 0.717) is 6.54 Å². The maximum atomic E-state index is 5.44. The third-order valence-electron chi connectivity index (χ3n) is 2.42. The number of aromatic nitrogens is 2. The Balaban J connectivity index is 2.12. The molecule has 0 amide bonds. The minimum absolute atomic E-state index is 0.684. The summed E-state index contributed by atoms with van der Waals surface area (Å²) in [7, 11) is 0. The summed E-state index contributed by atoms with van der Waals surface area (Å²) in [5, 5.41) is 3.22. The van der Waals surface area contributed by atoms with Crippen molar-refractivity contribution in [2.24, 2.45) is 5.73 Å². The van der Waals surface area contributed by atoms with E-state index in [9.17, 15) is 0 Å². The molecule has 17 heavy (non-hydrogen) atoms. The van der Waals surface area contributed by atoms with E-state index >= 15 is 0 Å². The van der Waals surface area contributed by atoms with Crippen LogP contribution in [0.4, 0.5) is 5.82 Å². The van der Waals surface area contributed by atoms with Gasteiger partial charge in [0.25, 0.3) is 0 Å².